The molecule has 44 heavy (non-hydrogen) atoms. The van der Waals surface area contributed by atoms with E-state index in [9.17, 15) is 9.59 Å². The number of carbonyl (C=O) groups excluding carboxylic acids is 2. The number of esters is 2. The molecule has 0 spiro atoms. The Bertz CT molecular complexity index is 789. The van der Waals surface area contributed by atoms with E-state index in [4.69, 9.17) is 9.47 Å². The number of carbonyl (C=O) groups is 2. The fourth-order valence-corrected chi connectivity index (χ4v) is 6.50. The lowest BCUT2D eigenvalue weighted by Gasteiger charge is -2.35. The van der Waals surface area contributed by atoms with Gasteiger partial charge in [0.2, 0.25) is 0 Å². The highest BCUT2D eigenvalue weighted by molar-refractivity contribution is 6.03. The molecule has 0 atom stereocenters. The van der Waals surface area contributed by atoms with Gasteiger partial charge in [-0.1, -0.05) is 131 Å². The lowest BCUT2D eigenvalue weighted by Crippen LogP contribution is -2.37. The van der Waals surface area contributed by atoms with Gasteiger partial charge in [0.15, 0.2) is 0 Å². The Morgan fingerprint density at radius 3 is 1.00 bits per heavy atom. The summed E-state index contributed by atoms with van der Waals surface area (Å²) >= 11 is 0. The number of hydrogen-bond acceptors (Lipinski definition) is 4. The van der Waals surface area contributed by atoms with E-state index in [0.717, 1.165) is 103 Å². The predicted octanol–water partition coefficient (Wildman–Crippen LogP) is 13.0. The van der Waals surface area contributed by atoms with Crippen LogP contribution >= 0.6 is 0 Å². The molecule has 0 unspecified atom stereocenters. The highest BCUT2D eigenvalue weighted by Crippen LogP contribution is 2.36. The number of ether oxygens (including phenoxy) is 2. The molecule has 4 heteroatoms. The van der Waals surface area contributed by atoms with E-state index in [0.29, 0.717) is 11.1 Å². The molecule has 0 N–H and O–H groups in total. The zero-order valence-corrected chi connectivity index (χ0v) is 29.9. The molecule has 4 nitrogen and oxygen atoms in total. The van der Waals surface area contributed by atoms with Crippen LogP contribution in [0.5, 0.6) is 0 Å². The third kappa shape index (κ3) is 15.4. The molecule has 0 saturated carbocycles. The minimum Gasteiger partial charge on any atom is -0.455 e. The summed E-state index contributed by atoms with van der Waals surface area (Å²) in [4.78, 5) is 28.0. The van der Waals surface area contributed by atoms with Crippen molar-refractivity contribution in [3.05, 3.63) is 35.4 Å². The number of rotatable bonds is 28. The van der Waals surface area contributed by atoms with Gasteiger partial charge in [0.05, 0.1) is 11.1 Å². The Morgan fingerprint density at radius 2 is 0.705 bits per heavy atom. The van der Waals surface area contributed by atoms with Crippen LogP contribution in [0.1, 0.15) is 216 Å². The SMILES string of the molecule is CCCCCCCC(CCCC)(CCCC)OC(=O)c1ccccc1C(=O)OC(CCCC)(CCCC)CCCCCCC. The summed E-state index contributed by atoms with van der Waals surface area (Å²) in [5, 5.41) is 0. The van der Waals surface area contributed by atoms with Crippen molar-refractivity contribution in [3.63, 3.8) is 0 Å². The molecule has 0 saturated heterocycles. The first-order valence-electron chi connectivity index (χ1n) is 18.9. The van der Waals surface area contributed by atoms with Crippen molar-refractivity contribution < 1.29 is 19.1 Å². The summed E-state index contributed by atoms with van der Waals surface area (Å²) in [7, 11) is 0. The maximum absolute atomic E-state index is 14.0. The fraction of sp³-hybridized carbons (Fsp3) is 0.800. The molecule has 0 bridgehead atoms. The van der Waals surface area contributed by atoms with Crippen LogP contribution in [-0.2, 0) is 9.47 Å². The molecule has 1 aromatic rings. The van der Waals surface area contributed by atoms with Gasteiger partial charge in [0, 0.05) is 0 Å². The molecule has 0 aliphatic heterocycles. The molecule has 0 aromatic heterocycles. The first-order valence-corrected chi connectivity index (χ1v) is 18.9. The van der Waals surface area contributed by atoms with Crippen LogP contribution in [0.15, 0.2) is 24.3 Å². The molecule has 1 aromatic carbocycles. The van der Waals surface area contributed by atoms with E-state index in [1.807, 2.05) is 12.1 Å². The second kappa shape index (κ2) is 24.4. The minimum absolute atomic E-state index is 0.351. The van der Waals surface area contributed by atoms with E-state index in [-0.39, 0.29) is 11.9 Å². The second-order valence-electron chi connectivity index (χ2n) is 13.4. The molecule has 0 radical (unpaired) electrons. The Balaban J connectivity index is 3.29. The van der Waals surface area contributed by atoms with E-state index in [2.05, 4.69) is 41.5 Å². The van der Waals surface area contributed by atoms with Gasteiger partial charge in [-0.15, -0.1) is 0 Å². The summed E-state index contributed by atoms with van der Waals surface area (Å²) < 4.78 is 13.1. The van der Waals surface area contributed by atoms with Gasteiger partial charge in [-0.3, -0.25) is 0 Å². The first kappa shape index (κ1) is 40.2. The summed E-state index contributed by atoms with van der Waals surface area (Å²) in [5.41, 5.74) is -0.249. The Hall–Kier alpha value is -1.84. The third-order valence-electron chi connectivity index (χ3n) is 9.40. The lowest BCUT2D eigenvalue weighted by atomic mass is 9.85. The van der Waals surface area contributed by atoms with Crippen LogP contribution in [0.25, 0.3) is 0 Å². The monoisotopic (exact) mass is 615 g/mol. The molecule has 0 fully saturated rings. The van der Waals surface area contributed by atoms with Crippen LogP contribution in [0.3, 0.4) is 0 Å². The lowest BCUT2D eigenvalue weighted by molar-refractivity contribution is -0.0396. The topological polar surface area (TPSA) is 52.6 Å². The van der Waals surface area contributed by atoms with Crippen molar-refractivity contribution in [3.8, 4) is 0 Å². The van der Waals surface area contributed by atoms with Gasteiger partial charge in [-0.05, 0) is 89.2 Å². The second-order valence-corrected chi connectivity index (χ2v) is 13.4. The summed E-state index contributed by atoms with van der Waals surface area (Å²) in [6.45, 7) is 13.3. The first-order chi connectivity index (χ1) is 21.4. The Labute approximate surface area is 272 Å². The largest absolute Gasteiger partial charge is 0.455 e. The zero-order valence-electron chi connectivity index (χ0n) is 29.9. The van der Waals surface area contributed by atoms with Gasteiger partial charge in [0.25, 0.3) is 0 Å². The van der Waals surface area contributed by atoms with Gasteiger partial charge in [-0.2, -0.15) is 0 Å². The average molecular weight is 615 g/mol. The molecule has 0 heterocycles. The molecule has 254 valence electrons. The van der Waals surface area contributed by atoms with Crippen molar-refractivity contribution in [2.75, 3.05) is 0 Å². The zero-order chi connectivity index (χ0) is 32.5. The smallest absolute Gasteiger partial charge is 0.339 e. The molecule has 0 aliphatic carbocycles. The molecule has 0 aliphatic rings. The van der Waals surface area contributed by atoms with Crippen molar-refractivity contribution in [2.24, 2.45) is 0 Å². The quantitative estimate of drug-likeness (QED) is 0.0696. The van der Waals surface area contributed by atoms with Crippen molar-refractivity contribution in [1.29, 1.82) is 0 Å². The van der Waals surface area contributed by atoms with Gasteiger partial charge < -0.3 is 9.47 Å². The normalized spacial score (nSPS) is 12.0. The minimum atomic E-state index is -0.475. The van der Waals surface area contributed by atoms with Crippen LogP contribution in [0.4, 0.5) is 0 Å². The van der Waals surface area contributed by atoms with E-state index in [1.165, 1.54) is 51.4 Å². The van der Waals surface area contributed by atoms with Gasteiger partial charge in [0.1, 0.15) is 11.2 Å². The highest BCUT2D eigenvalue weighted by Gasteiger charge is 2.37. The van der Waals surface area contributed by atoms with Crippen molar-refractivity contribution in [1.82, 2.24) is 0 Å². The maximum Gasteiger partial charge on any atom is 0.339 e. The number of benzene rings is 1. The molecule has 0 amide bonds. The Morgan fingerprint density at radius 1 is 0.432 bits per heavy atom. The predicted molar refractivity (Wildman–Crippen MR) is 188 cm³/mol. The fourth-order valence-electron chi connectivity index (χ4n) is 6.50. The average Bonchev–Trinajstić information content (AvgIpc) is 3.04. The standard InChI is InChI=1S/C40H70O4/c1-7-13-19-21-25-33-39(29-15-9-3,30-16-10-4)43-37(41)35-27-23-24-28-36(35)38(42)44-40(31-17-11-5,32-18-12-6)34-26-22-20-14-8-2/h23-24,27-28H,7-22,25-26,29-34H2,1-6H3. The molecule has 1 rings (SSSR count). The van der Waals surface area contributed by atoms with E-state index < -0.39 is 11.2 Å². The summed E-state index contributed by atoms with van der Waals surface area (Å²) in [6.07, 6.45) is 25.6. The van der Waals surface area contributed by atoms with Crippen LogP contribution < -0.4 is 0 Å². The van der Waals surface area contributed by atoms with E-state index >= 15 is 0 Å². The highest BCUT2D eigenvalue weighted by atomic mass is 16.6. The third-order valence-corrected chi connectivity index (χ3v) is 9.40. The van der Waals surface area contributed by atoms with Crippen LogP contribution in [0, 0.1) is 0 Å². The summed E-state index contributed by atoms with van der Waals surface area (Å²) in [6, 6.07) is 7.20. The number of hydrogen-bond donors (Lipinski definition) is 0. The van der Waals surface area contributed by atoms with Crippen molar-refractivity contribution >= 4 is 11.9 Å². The van der Waals surface area contributed by atoms with Crippen molar-refractivity contribution in [2.45, 2.75) is 207 Å². The Kier molecular flexibility index (Phi) is 22.3. The number of unbranched alkanes of at least 4 members (excludes halogenated alkanes) is 12. The van der Waals surface area contributed by atoms with E-state index in [1.54, 1.807) is 12.1 Å². The summed E-state index contributed by atoms with van der Waals surface area (Å²) in [5.74, 6) is -0.740. The van der Waals surface area contributed by atoms with Crippen LogP contribution in [-0.4, -0.2) is 23.1 Å². The van der Waals surface area contributed by atoms with Gasteiger partial charge >= 0.3 is 11.9 Å². The maximum atomic E-state index is 14.0. The molecular formula is C40H70O4. The molecular weight excluding hydrogens is 544 g/mol. The van der Waals surface area contributed by atoms with Gasteiger partial charge in [-0.25, -0.2) is 9.59 Å². The van der Waals surface area contributed by atoms with Crippen LogP contribution in [0.2, 0.25) is 0 Å².